The number of ether oxygens (including phenoxy) is 2. The van der Waals surface area contributed by atoms with Crippen molar-refractivity contribution in [3.05, 3.63) is 0 Å². The molecular weight excluding hydrogens is 314 g/mol. The van der Waals surface area contributed by atoms with Crippen LogP contribution >= 0.6 is 0 Å². The Kier molecular flexibility index (Phi) is 12.6. The lowest BCUT2D eigenvalue weighted by atomic mass is 9.94. The van der Waals surface area contributed by atoms with Crippen molar-refractivity contribution in [3.8, 4) is 0 Å². The van der Waals surface area contributed by atoms with Crippen LogP contribution in [0.3, 0.4) is 0 Å². The van der Waals surface area contributed by atoms with Gasteiger partial charge in [0.1, 0.15) is 0 Å². The molecule has 0 radical (unpaired) electrons. The number of carbonyl (C=O) groups excluding carboxylic acids is 2. The molecular formula is C17H31NO6. The van der Waals surface area contributed by atoms with Crippen molar-refractivity contribution in [1.29, 1.82) is 0 Å². The summed E-state index contributed by atoms with van der Waals surface area (Å²) >= 11 is 0. The van der Waals surface area contributed by atoms with Gasteiger partial charge in [0.15, 0.2) is 0 Å². The molecule has 0 fully saturated rings. The van der Waals surface area contributed by atoms with Gasteiger partial charge in [0, 0.05) is 19.4 Å². The molecule has 0 aliphatic carbocycles. The Morgan fingerprint density at radius 3 is 2.25 bits per heavy atom. The van der Waals surface area contributed by atoms with E-state index >= 15 is 0 Å². The van der Waals surface area contributed by atoms with E-state index in [2.05, 4.69) is 5.32 Å². The van der Waals surface area contributed by atoms with E-state index in [9.17, 15) is 14.4 Å². The van der Waals surface area contributed by atoms with Crippen molar-refractivity contribution in [2.75, 3.05) is 19.8 Å². The molecule has 0 heterocycles. The second-order valence-electron chi connectivity index (χ2n) is 6.29. The number of rotatable bonds is 13. The summed E-state index contributed by atoms with van der Waals surface area (Å²) in [6.45, 7) is 6.80. The minimum Gasteiger partial charge on any atom is -0.481 e. The van der Waals surface area contributed by atoms with Crippen molar-refractivity contribution in [3.63, 3.8) is 0 Å². The molecule has 1 amide bonds. The van der Waals surface area contributed by atoms with Crippen LogP contribution in [0.4, 0.5) is 4.79 Å². The van der Waals surface area contributed by atoms with Crippen molar-refractivity contribution in [2.24, 2.45) is 11.8 Å². The first kappa shape index (κ1) is 22.2. The lowest BCUT2D eigenvalue weighted by molar-refractivity contribution is -0.144. The summed E-state index contributed by atoms with van der Waals surface area (Å²) in [7, 11) is 0. The Balaban J connectivity index is 3.76. The smallest absolute Gasteiger partial charge is 0.407 e. The molecule has 1 atom stereocenters. The summed E-state index contributed by atoms with van der Waals surface area (Å²) in [5, 5.41) is 11.5. The highest BCUT2D eigenvalue weighted by molar-refractivity contribution is 5.69. The summed E-state index contributed by atoms with van der Waals surface area (Å²) in [5.41, 5.74) is 0. The average molecular weight is 345 g/mol. The number of nitrogens with one attached hydrogen (secondary N) is 1. The Morgan fingerprint density at radius 2 is 1.71 bits per heavy atom. The first-order chi connectivity index (χ1) is 11.3. The Hall–Kier alpha value is -1.79. The number of aliphatic carboxylic acids is 1. The molecule has 0 saturated carbocycles. The minimum absolute atomic E-state index is 0.0294. The van der Waals surface area contributed by atoms with Crippen molar-refractivity contribution >= 4 is 18.0 Å². The molecule has 0 aliphatic heterocycles. The zero-order valence-corrected chi connectivity index (χ0v) is 15.0. The number of carboxylic acids is 1. The highest BCUT2D eigenvalue weighted by Crippen LogP contribution is 2.14. The van der Waals surface area contributed by atoms with E-state index in [0.29, 0.717) is 31.8 Å². The highest BCUT2D eigenvalue weighted by Gasteiger charge is 2.16. The lowest BCUT2D eigenvalue weighted by Crippen LogP contribution is -2.31. The monoisotopic (exact) mass is 345 g/mol. The molecule has 0 spiro atoms. The van der Waals surface area contributed by atoms with Crippen molar-refractivity contribution in [2.45, 2.75) is 59.3 Å². The van der Waals surface area contributed by atoms with Crippen molar-refractivity contribution in [1.82, 2.24) is 5.32 Å². The van der Waals surface area contributed by atoms with Gasteiger partial charge >= 0.3 is 18.0 Å². The molecule has 7 nitrogen and oxygen atoms in total. The number of carboxylic acid groups (broad SMARTS) is 1. The number of esters is 1. The van der Waals surface area contributed by atoms with Crippen molar-refractivity contribution < 1.29 is 29.0 Å². The van der Waals surface area contributed by atoms with Crippen LogP contribution in [0.25, 0.3) is 0 Å². The van der Waals surface area contributed by atoms with E-state index in [4.69, 9.17) is 14.6 Å². The van der Waals surface area contributed by atoms with Crippen LogP contribution in [0.1, 0.15) is 59.3 Å². The molecule has 0 aromatic heterocycles. The van der Waals surface area contributed by atoms with Gasteiger partial charge in [-0.2, -0.15) is 0 Å². The second-order valence-corrected chi connectivity index (χ2v) is 6.29. The number of hydrogen-bond acceptors (Lipinski definition) is 5. The van der Waals surface area contributed by atoms with Crippen LogP contribution in [0.5, 0.6) is 0 Å². The van der Waals surface area contributed by atoms with E-state index in [-0.39, 0.29) is 31.5 Å². The van der Waals surface area contributed by atoms with E-state index < -0.39 is 12.1 Å². The van der Waals surface area contributed by atoms with Crippen LogP contribution in [-0.2, 0) is 19.1 Å². The fraction of sp³-hybridized carbons (Fsp3) is 0.824. The molecule has 0 rings (SSSR count). The van der Waals surface area contributed by atoms with Gasteiger partial charge in [0.2, 0.25) is 0 Å². The topological polar surface area (TPSA) is 102 Å². The maximum Gasteiger partial charge on any atom is 0.407 e. The molecule has 140 valence electrons. The first-order valence-corrected chi connectivity index (χ1v) is 8.63. The fourth-order valence-electron chi connectivity index (χ4n) is 2.26. The molecule has 24 heavy (non-hydrogen) atoms. The number of unbranched alkanes of at least 4 members (excludes halogenated alkanes) is 1. The molecule has 2 N–H and O–H groups in total. The number of alkyl carbamates (subject to hydrolysis) is 1. The van der Waals surface area contributed by atoms with Crippen LogP contribution in [-0.4, -0.2) is 42.9 Å². The maximum atomic E-state index is 11.6. The van der Waals surface area contributed by atoms with Gasteiger partial charge in [-0.15, -0.1) is 0 Å². The largest absolute Gasteiger partial charge is 0.481 e. The SMILES string of the molecule is CCCC(=O)OCCCCOC(=O)NCC(CC(=O)O)CC(C)C. The zero-order valence-electron chi connectivity index (χ0n) is 15.0. The fourth-order valence-corrected chi connectivity index (χ4v) is 2.26. The Labute approximate surface area is 144 Å². The predicted octanol–water partition coefficient (Wildman–Crippen LogP) is 2.97. The summed E-state index contributed by atoms with van der Waals surface area (Å²) < 4.78 is 10.0. The van der Waals surface area contributed by atoms with E-state index in [1.807, 2.05) is 20.8 Å². The molecule has 0 aliphatic rings. The zero-order chi connectivity index (χ0) is 18.4. The third-order valence-corrected chi connectivity index (χ3v) is 3.29. The van der Waals surface area contributed by atoms with E-state index in [1.54, 1.807) is 0 Å². The molecule has 0 saturated heterocycles. The van der Waals surface area contributed by atoms with Gasteiger partial charge in [-0.05, 0) is 37.5 Å². The first-order valence-electron chi connectivity index (χ1n) is 8.63. The normalized spacial score (nSPS) is 11.8. The van der Waals surface area contributed by atoms with Crippen LogP contribution in [0.15, 0.2) is 0 Å². The summed E-state index contributed by atoms with van der Waals surface area (Å²) in [6.07, 6.45) is 2.65. The molecule has 0 aromatic rings. The van der Waals surface area contributed by atoms with Gasteiger partial charge in [-0.3, -0.25) is 9.59 Å². The van der Waals surface area contributed by atoms with Crippen LogP contribution < -0.4 is 5.32 Å². The van der Waals surface area contributed by atoms with Gasteiger partial charge in [-0.25, -0.2) is 4.79 Å². The number of hydrogen-bond donors (Lipinski definition) is 2. The summed E-state index contributed by atoms with van der Waals surface area (Å²) in [4.78, 5) is 33.5. The van der Waals surface area contributed by atoms with E-state index in [1.165, 1.54) is 0 Å². The Bertz CT molecular complexity index is 383. The standard InChI is InChI=1S/C17H31NO6/c1-4-7-16(21)23-8-5-6-9-24-17(22)18-12-14(10-13(2)3)11-15(19)20/h13-14H,4-12H2,1-3H3,(H,18,22)(H,19,20). The number of amides is 1. The lowest BCUT2D eigenvalue weighted by Gasteiger charge is -2.17. The quantitative estimate of drug-likeness (QED) is 0.393. The molecule has 0 aromatic carbocycles. The third kappa shape index (κ3) is 13.8. The summed E-state index contributed by atoms with van der Waals surface area (Å²) in [6, 6.07) is 0. The molecule has 7 heteroatoms. The highest BCUT2D eigenvalue weighted by atomic mass is 16.5. The molecule has 1 unspecified atom stereocenters. The van der Waals surface area contributed by atoms with Gasteiger partial charge < -0.3 is 19.9 Å². The minimum atomic E-state index is -0.867. The van der Waals surface area contributed by atoms with Crippen LogP contribution in [0, 0.1) is 11.8 Å². The van der Waals surface area contributed by atoms with Gasteiger partial charge in [-0.1, -0.05) is 20.8 Å². The van der Waals surface area contributed by atoms with Crippen LogP contribution in [0.2, 0.25) is 0 Å². The van der Waals surface area contributed by atoms with E-state index in [0.717, 1.165) is 12.8 Å². The maximum absolute atomic E-state index is 11.6. The predicted molar refractivity (Wildman–Crippen MR) is 89.6 cm³/mol. The summed E-state index contributed by atoms with van der Waals surface area (Å²) in [5.74, 6) is -0.810. The average Bonchev–Trinajstić information content (AvgIpc) is 2.47. The third-order valence-electron chi connectivity index (χ3n) is 3.29. The second kappa shape index (κ2) is 13.6. The Morgan fingerprint density at radius 1 is 1.08 bits per heavy atom. The van der Waals surface area contributed by atoms with Gasteiger partial charge in [0.25, 0.3) is 0 Å². The number of carbonyl (C=O) groups is 3. The molecule has 0 bridgehead atoms. The van der Waals surface area contributed by atoms with Gasteiger partial charge in [0.05, 0.1) is 13.2 Å².